The van der Waals surface area contributed by atoms with E-state index in [4.69, 9.17) is 0 Å². The standard InChI is InChI=1S/C12H20N4OS/c1-2-3-13-8-11-9-15-12(10-14-11)16-4-6-18(17)7-5-16/h9-10,13H,2-8H2,1H3. The maximum absolute atomic E-state index is 11.3. The summed E-state index contributed by atoms with van der Waals surface area (Å²) >= 11 is 0. The zero-order valence-corrected chi connectivity index (χ0v) is 11.6. The fourth-order valence-corrected chi connectivity index (χ4v) is 2.91. The molecule has 0 atom stereocenters. The van der Waals surface area contributed by atoms with Gasteiger partial charge in [-0.2, -0.15) is 0 Å². The second-order valence-corrected chi connectivity index (χ2v) is 6.07. The van der Waals surface area contributed by atoms with Crippen LogP contribution in [0, 0.1) is 0 Å². The van der Waals surface area contributed by atoms with E-state index in [2.05, 4.69) is 27.1 Å². The summed E-state index contributed by atoms with van der Waals surface area (Å²) in [6, 6.07) is 0. The van der Waals surface area contributed by atoms with Crippen LogP contribution < -0.4 is 10.2 Å². The molecule has 100 valence electrons. The lowest BCUT2D eigenvalue weighted by Crippen LogP contribution is -2.38. The van der Waals surface area contributed by atoms with Crippen molar-refractivity contribution in [3.05, 3.63) is 18.1 Å². The summed E-state index contributed by atoms with van der Waals surface area (Å²) in [6.45, 7) is 5.54. The molecule has 0 aromatic carbocycles. The van der Waals surface area contributed by atoms with Crippen LogP contribution in [0.4, 0.5) is 5.82 Å². The van der Waals surface area contributed by atoms with E-state index < -0.39 is 10.8 Å². The highest BCUT2D eigenvalue weighted by Crippen LogP contribution is 2.11. The summed E-state index contributed by atoms with van der Waals surface area (Å²) in [4.78, 5) is 11.0. The van der Waals surface area contributed by atoms with E-state index in [1.54, 1.807) is 0 Å². The van der Waals surface area contributed by atoms with Gasteiger partial charge >= 0.3 is 0 Å². The van der Waals surface area contributed by atoms with Gasteiger partial charge < -0.3 is 10.2 Å². The minimum absolute atomic E-state index is 0.644. The van der Waals surface area contributed by atoms with Gasteiger partial charge in [-0.05, 0) is 13.0 Å². The van der Waals surface area contributed by atoms with Crippen molar-refractivity contribution in [2.24, 2.45) is 0 Å². The highest BCUT2D eigenvalue weighted by Gasteiger charge is 2.16. The predicted octanol–water partition coefficient (Wildman–Crippen LogP) is 0.545. The van der Waals surface area contributed by atoms with Gasteiger partial charge in [0.05, 0.1) is 18.1 Å². The van der Waals surface area contributed by atoms with E-state index in [1.807, 2.05) is 12.4 Å². The van der Waals surface area contributed by atoms with Crippen LogP contribution in [0.1, 0.15) is 19.0 Å². The van der Waals surface area contributed by atoms with E-state index in [9.17, 15) is 4.21 Å². The smallest absolute Gasteiger partial charge is 0.147 e. The molecular formula is C12H20N4OS. The van der Waals surface area contributed by atoms with Crippen molar-refractivity contribution in [1.29, 1.82) is 0 Å². The molecule has 1 saturated heterocycles. The van der Waals surface area contributed by atoms with Gasteiger partial charge in [-0.25, -0.2) is 4.98 Å². The van der Waals surface area contributed by atoms with Crippen molar-refractivity contribution >= 4 is 16.6 Å². The largest absolute Gasteiger partial charge is 0.354 e. The second-order valence-electron chi connectivity index (χ2n) is 4.38. The monoisotopic (exact) mass is 268 g/mol. The van der Waals surface area contributed by atoms with Crippen LogP contribution in [-0.4, -0.2) is 45.3 Å². The van der Waals surface area contributed by atoms with Crippen LogP contribution in [0.15, 0.2) is 12.4 Å². The molecule has 0 unspecified atom stereocenters. The quantitative estimate of drug-likeness (QED) is 0.790. The SMILES string of the molecule is CCCNCc1cnc(N2CCS(=O)CC2)cn1. The van der Waals surface area contributed by atoms with Gasteiger partial charge in [0.25, 0.3) is 0 Å². The Labute approximate surface area is 110 Å². The molecule has 2 heterocycles. The van der Waals surface area contributed by atoms with Crippen LogP contribution in [-0.2, 0) is 17.3 Å². The number of aromatic nitrogens is 2. The Hall–Kier alpha value is -1.01. The first kappa shape index (κ1) is 13.4. The fourth-order valence-electron chi connectivity index (χ4n) is 1.86. The first-order valence-corrected chi connectivity index (χ1v) is 7.90. The number of rotatable bonds is 5. The van der Waals surface area contributed by atoms with Crippen LogP contribution in [0.2, 0.25) is 0 Å². The zero-order valence-electron chi connectivity index (χ0n) is 10.8. The van der Waals surface area contributed by atoms with Crippen LogP contribution in [0.5, 0.6) is 0 Å². The number of nitrogens with zero attached hydrogens (tertiary/aromatic N) is 3. The van der Waals surface area contributed by atoms with Gasteiger partial charge in [0.1, 0.15) is 5.82 Å². The molecule has 0 radical (unpaired) electrons. The maximum atomic E-state index is 11.3. The van der Waals surface area contributed by atoms with Crippen LogP contribution in [0.3, 0.4) is 0 Å². The summed E-state index contributed by atoms with van der Waals surface area (Å²) in [5, 5.41) is 3.30. The lowest BCUT2D eigenvalue weighted by atomic mass is 10.4. The summed E-state index contributed by atoms with van der Waals surface area (Å²) < 4.78 is 11.3. The number of hydrogen-bond donors (Lipinski definition) is 1. The Bertz CT molecular complexity index is 386. The molecule has 0 spiro atoms. The predicted molar refractivity (Wildman–Crippen MR) is 74.1 cm³/mol. The normalized spacial score (nSPS) is 17.1. The summed E-state index contributed by atoms with van der Waals surface area (Å²) in [5.74, 6) is 2.37. The van der Waals surface area contributed by atoms with Crippen molar-refractivity contribution in [1.82, 2.24) is 15.3 Å². The molecular weight excluding hydrogens is 248 g/mol. The first-order chi connectivity index (χ1) is 8.79. The fraction of sp³-hybridized carbons (Fsp3) is 0.667. The van der Waals surface area contributed by atoms with Crippen molar-refractivity contribution in [2.75, 3.05) is 36.0 Å². The molecule has 1 fully saturated rings. The highest BCUT2D eigenvalue weighted by atomic mass is 32.2. The summed E-state index contributed by atoms with van der Waals surface area (Å²) in [7, 11) is -0.644. The zero-order chi connectivity index (χ0) is 12.8. The first-order valence-electron chi connectivity index (χ1n) is 6.41. The Morgan fingerprint density at radius 2 is 2.11 bits per heavy atom. The average molecular weight is 268 g/mol. The highest BCUT2D eigenvalue weighted by molar-refractivity contribution is 7.85. The molecule has 2 rings (SSSR count). The molecule has 0 bridgehead atoms. The van der Waals surface area contributed by atoms with E-state index in [1.165, 1.54) is 0 Å². The van der Waals surface area contributed by atoms with Crippen molar-refractivity contribution in [3.63, 3.8) is 0 Å². The molecule has 1 N–H and O–H groups in total. The molecule has 0 aliphatic carbocycles. The van der Waals surface area contributed by atoms with E-state index in [0.29, 0.717) is 0 Å². The Balaban J connectivity index is 1.89. The van der Waals surface area contributed by atoms with Gasteiger partial charge in [-0.15, -0.1) is 0 Å². The lowest BCUT2D eigenvalue weighted by molar-refractivity contribution is 0.660. The Kier molecular flexibility index (Phi) is 5.07. The summed E-state index contributed by atoms with van der Waals surface area (Å²) in [5.41, 5.74) is 0.966. The van der Waals surface area contributed by atoms with Gasteiger partial charge in [0.2, 0.25) is 0 Å². The van der Waals surface area contributed by atoms with Gasteiger partial charge in [0, 0.05) is 41.9 Å². The second kappa shape index (κ2) is 6.80. The summed E-state index contributed by atoms with van der Waals surface area (Å²) in [6.07, 6.45) is 4.76. The Morgan fingerprint density at radius 3 is 2.72 bits per heavy atom. The van der Waals surface area contributed by atoms with E-state index in [0.717, 1.165) is 55.6 Å². The molecule has 1 aromatic heterocycles. The molecule has 18 heavy (non-hydrogen) atoms. The minimum Gasteiger partial charge on any atom is -0.354 e. The van der Waals surface area contributed by atoms with Crippen molar-refractivity contribution < 1.29 is 4.21 Å². The van der Waals surface area contributed by atoms with E-state index >= 15 is 0 Å². The molecule has 1 aromatic rings. The third-order valence-electron chi connectivity index (χ3n) is 2.93. The third-order valence-corrected chi connectivity index (χ3v) is 4.20. The third kappa shape index (κ3) is 3.74. The van der Waals surface area contributed by atoms with Crippen molar-refractivity contribution in [2.45, 2.75) is 19.9 Å². The topological polar surface area (TPSA) is 58.1 Å². The number of hydrogen-bond acceptors (Lipinski definition) is 5. The molecule has 1 aliphatic rings. The molecule has 0 saturated carbocycles. The van der Waals surface area contributed by atoms with Crippen LogP contribution in [0.25, 0.3) is 0 Å². The molecule has 1 aliphatic heterocycles. The van der Waals surface area contributed by atoms with Gasteiger partial charge in [-0.1, -0.05) is 6.92 Å². The van der Waals surface area contributed by atoms with Gasteiger partial charge in [-0.3, -0.25) is 9.19 Å². The number of anilines is 1. The van der Waals surface area contributed by atoms with Crippen molar-refractivity contribution in [3.8, 4) is 0 Å². The molecule has 6 heteroatoms. The average Bonchev–Trinajstić information content (AvgIpc) is 2.41. The van der Waals surface area contributed by atoms with Crippen LogP contribution >= 0.6 is 0 Å². The number of nitrogens with one attached hydrogen (secondary N) is 1. The van der Waals surface area contributed by atoms with Gasteiger partial charge in [0.15, 0.2) is 0 Å². The van der Waals surface area contributed by atoms with E-state index in [-0.39, 0.29) is 0 Å². The maximum Gasteiger partial charge on any atom is 0.147 e. The Morgan fingerprint density at radius 1 is 1.33 bits per heavy atom. The minimum atomic E-state index is -0.644. The molecule has 0 amide bonds. The lowest BCUT2D eigenvalue weighted by Gasteiger charge is -2.26. The molecule has 5 nitrogen and oxygen atoms in total.